The van der Waals surface area contributed by atoms with Crippen molar-refractivity contribution in [3.63, 3.8) is 0 Å². The molecule has 2 amide bonds. The lowest BCUT2D eigenvalue weighted by molar-refractivity contribution is 0.00578. The van der Waals surface area contributed by atoms with Crippen molar-refractivity contribution in [2.75, 3.05) is 28.4 Å². The summed E-state index contributed by atoms with van der Waals surface area (Å²) in [6, 6.07) is 20.9. The van der Waals surface area contributed by atoms with Gasteiger partial charge in [-0.1, -0.05) is 59.7 Å². The highest BCUT2D eigenvalue weighted by Gasteiger charge is 2.51. The van der Waals surface area contributed by atoms with Crippen molar-refractivity contribution in [3.05, 3.63) is 112 Å². The lowest BCUT2D eigenvalue weighted by Crippen LogP contribution is -2.44. The van der Waals surface area contributed by atoms with E-state index < -0.39 is 23.4 Å². The number of aromatic nitrogens is 4. The Morgan fingerprint density at radius 1 is 0.684 bits per heavy atom. The molecule has 1 aliphatic heterocycles. The molecule has 18 nitrogen and oxygen atoms in total. The number of nitrogens with zero attached hydrogens (tertiary/aromatic N) is 9. The van der Waals surface area contributed by atoms with Gasteiger partial charge < -0.3 is 36.0 Å². The first-order valence-electron chi connectivity index (χ1n) is 25.3. The topological polar surface area (TPSA) is 299 Å². The van der Waals surface area contributed by atoms with Crippen molar-refractivity contribution in [1.82, 2.24) is 19.9 Å². The standard InChI is InChI=1S/C20H29N3O4.C10H19BO2.C10H13N3.C10H11N3.C6H4ClN3.CH3FS/c1-9-13(2)16-14(12-21)10-11-15(22-16)23(17(24)26-19(3,4)5)18(25)27-20(6,7)8;1-7-8(2)11-12-9(3,4)10(5,6)13-11;2*1-3-7(2)10-8(6-11)4-5-9(12)13-10;7-6-4(3-8)1-2-5(9)10-6;1-3-2/h10-11,13H,9H2,1-8H3;2,7H2,1,3-6H3;4-5,7H,3H2,1-2H3,(H2,12,13);4-5H,2-3H2,1H3,(H2,12,13);1-2H,(H2,9,10);1H3. The van der Waals surface area contributed by atoms with E-state index >= 15 is 0 Å². The predicted octanol–water partition coefficient (Wildman–Crippen LogP) is 14.2. The third-order valence-electron chi connectivity index (χ3n) is 11.5. The van der Waals surface area contributed by atoms with Crippen LogP contribution in [0.5, 0.6) is 0 Å². The Morgan fingerprint density at radius 3 is 1.42 bits per heavy atom. The van der Waals surface area contributed by atoms with Gasteiger partial charge >= 0.3 is 19.3 Å². The van der Waals surface area contributed by atoms with Crippen molar-refractivity contribution in [2.24, 2.45) is 0 Å². The predicted molar refractivity (Wildman–Crippen MR) is 316 cm³/mol. The number of hydrogen-bond donors (Lipinski definition) is 3. The largest absolute Gasteiger partial charge is 0.489 e. The fourth-order valence-electron chi connectivity index (χ4n) is 5.99. The van der Waals surface area contributed by atoms with Gasteiger partial charge in [0.1, 0.15) is 63.9 Å². The monoisotopic (exact) mass is 1120 g/mol. The molecule has 1 fully saturated rings. The molecule has 0 spiro atoms. The SMILES string of the molecule is C=C(CC)B1OC(C)(C)C(C)(C)O1.C=C(CC)c1nc(N)ccc1C#N.CCC(C)c1nc(N(C(=O)OC(C)(C)C)C(=O)OC(C)(C)C)ccc1C#N.CCC(C)c1nc(N)ccc1C#N.CSF.N#Cc1ccc(N)nc1Cl. The van der Waals surface area contributed by atoms with Gasteiger partial charge in [0.05, 0.1) is 50.5 Å². The van der Waals surface area contributed by atoms with Gasteiger partial charge in [-0.05, 0) is 166 Å². The van der Waals surface area contributed by atoms with E-state index in [-0.39, 0.29) is 53.3 Å². The van der Waals surface area contributed by atoms with Gasteiger partial charge in [-0.15, -0.1) is 6.58 Å². The van der Waals surface area contributed by atoms with Gasteiger partial charge in [0.2, 0.25) is 0 Å². The zero-order chi connectivity index (χ0) is 61.2. The molecule has 22 heteroatoms. The molecule has 426 valence electrons. The molecule has 6 N–H and O–H groups in total. The Bertz CT molecular complexity index is 2820. The second-order valence-corrected chi connectivity index (χ2v) is 21.2. The molecule has 5 heterocycles. The summed E-state index contributed by atoms with van der Waals surface area (Å²) in [5.41, 5.74) is 20.0. The summed E-state index contributed by atoms with van der Waals surface area (Å²) >= 11 is 5.77. The van der Waals surface area contributed by atoms with Gasteiger partial charge in [-0.3, -0.25) is 0 Å². The second kappa shape index (κ2) is 33.2. The minimum absolute atomic E-state index is 0.0151. The van der Waals surface area contributed by atoms with E-state index in [1.807, 2.05) is 33.8 Å². The summed E-state index contributed by atoms with van der Waals surface area (Å²) < 4.78 is 32.5. The molecule has 0 saturated carbocycles. The quantitative estimate of drug-likeness (QED) is 0.104. The lowest BCUT2D eigenvalue weighted by Gasteiger charge is -2.32. The number of ether oxygens (including phenoxy) is 2. The number of rotatable bonds is 9. The normalized spacial score (nSPS) is 13.3. The molecule has 1 saturated heterocycles. The van der Waals surface area contributed by atoms with Crippen LogP contribution in [0.15, 0.2) is 67.2 Å². The van der Waals surface area contributed by atoms with E-state index in [2.05, 4.69) is 92.8 Å². The van der Waals surface area contributed by atoms with Crippen LogP contribution in [-0.4, -0.2) is 67.9 Å². The Labute approximate surface area is 478 Å². The summed E-state index contributed by atoms with van der Waals surface area (Å²) in [6.07, 6.45) is 2.99. The lowest BCUT2D eigenvalue weighted by atomic mass is 9.78. The molecule has 0 bridgehead atoms. The van der Waals surface area contributed by atoms with Crippen molar-refractivity contribution in [3.8, 4) is 24.3 Å². The molecule has 4 aromatic heterocycles. The third kappa shape index (κ3) is 24.1. The molecular weight excluding hydrogens is 1050 g/mol. The van der Waals surface area contributed by atoms with Gasteiger partial charge in [-0.25, -0.2) is 29.5 Å². The number of nitrogen functional groups attached to an aromatic ring is 3. The number of carbonyl (C=O) groups excluding carboxylic acids is 2. The highest BCUT2D eigenvalue weighted by molar-refractivity contribution is 7.93. The Morgan fingerprint density at radius 2 is 1.05 bits per heavy atom. The molecule has 4 aromatic rings. The number of carbonyl (C=O) groups is 2. The van der Waals surface area contributed by atoms with Crippen LogP contribution in [0.25, 0.3) is 5.57 Å². The maximum Gasteiger partial charge on any atom is 0.489 e. The Balaban J connectivity index is 0.000000999. The third-order valence-corrected chi connectivity index (χ3v) is 11.8. The molecule has 5 rings (SSSR count). The van der Waals surface area contributed by atoms with Crippen LogP contribution in [0.1, 0.15) is 188 Å². The number of allylic oxidation sites excluding steroid dienone is 2. The van der Waals surface area contributed by atoms with E-state index in [4.69, 9.17) is 63.4 Å². The summed E-state index contributed by atoms with van der Waals surface area (Å²) in [5.74, 6) is 1.56. The number of imide groups is 1. The van der Waals surface area contributed by atoms with Crippen molar-refractivity contribution >= 4 is 71.9 Å². The van der Waals surface area contributed by atoms with Gasteiger partial charge in [0, 0.05) is 18.4 Å². The zero-order valence-corrected chi connectivity index (χ0v) is 50.5. The van der Waals surface area contributed by atoms with Crippen molar-refractivity contribution < 1.29 is 32.3 Å². The van der Waals surface area contributed by atoms with Crippen LogP contribution in [0.3, 0.4) is 0 Å². The van der Waals surface area contributed by atoms with E-state index in [0.29, 0.717) is 51.1 Å². The maximum atomic E-state index is 12.7. The van der Waals surface area contributed by atoms with Gasteiger partial charge in [0.15, 0.2) is 0 Å². The average Bonchev–Trinajstić information content (AvgIpc) is 3.60. The first-order chi connectivity index (χ1) is 36.6. The first-order valence-corrected chi connectivity index (χ1v) is 26.8. The van der Waals surface area contributed by atoms with E-state index in [1.54, 1.807) is 71.9 Å². The van der Waals surface area contributed by atoms with Gasteiger partial charge in [-0.2, -0.15) is 29.8 Å². The number of halogens is 2. The Hall–Kier alpha value is -7.27. The van der Waals surface area contributed by atoms with Crippen LogP contribution in [0, 0.1) is 45.3 Å². The van der Waals surface area contributed by atoms with E-state index in [9.17, 15) is 18.7 Å². The van der Waals surface area contributed by atoms with Crippen LogP contribution in [0.2, 0.25) is 5.15 Å². The van der Waals surface area contributed by atoms with E-state index in [0.717, 1.165) is 47.3 Å². The summed E-state index contributed by atoms with van der Waals surface area (Å²) in [6.45, 7) is 38.2. The van der Waals surface area contributed by atoms with Crippen LogP contribution >= 0.6 is 23.7 Å². The Kier molecular flexibility index (Phi) is 30.2. The number of amides is 2. The fourth-order valence-corrected chi connectivity index (χ4v) is 6.20. The van der Waals surface area contributed by atoms with Gasteiger partial charge in [0.25, 0.3) is 0 Å². The number of pyridine rings is 4. The van der Waals surface area contributed by atoms with E-state index in [1.165, 1.54) is 24.5 Å². The molecule has 1 aliphatic rings. The summed E-state index contributed by atoms with van der Waals surface area (Å²) in [4.78, 5) is 42.5. The molecule has 2 unspecified atom stereocenters. The molecule has 0 aromatic carbocycles. The number of nitriles is 4. The highest BCUT2D eigenvalue weighted by atomic mass is 35.5. The summed E-state index contributed by atoms with van der Waals surface area (Å²) in [5, 5.41) is 35.5. The van der Waals surface area contributed by atoms with Crippen molar-refractivity contribution in [2.45, 2.75) is 171 Å². The molecular formula is C57H79BClFN12O6S. The summed E-state index contributed by atoms with van der Waals surface area (Å²) in [7, 11) is -0.227. The zero-order valence-electron chi connectivity index (χ0n) is 49.0. The average molecular weight is 1130 g/mol. The molecule has 0 radical (unpaired) electrons. The fraction of sp³-hybridized carbons (Fsp3) is 0.474. The first kappa shape index (κ1) is 71.7. The molecule has 0 aliphatic carbocycles. The van der Waals surface area contributed by atoms with Crippen LogP contribution in [-0.2, 0) is 18.8 Å². The van der Waals surface area contributed by atoms with Crippen LogP contribution < -0.4 is 22.1 Å². The molecule has 79 heavy (non-hydrogen) atoms. The highest BCUT2D eigenvalue weighted by Crippen LogP contribution is 2.38. The number of nitrogens with two attached hydrogens (primary N) is 3. The minimum Gasteiger partial charge on any atom is -0.443 e. The maximum absolute atomic E-state index is 12.7. The number of hydrogen-bond acceptors (Lipinski definition) is 18. The van der Waals surface area contributed by atoms with Crippen LogP contribution in [0.4, 0.5) is 36.7 Å². The number of anilines is 4. The smallest absolute Gasteiger partial charge is 0.443 e. The molecule has 2 atom stereocenters. The van der Waals surface area contributed by atoms with Crippen molar-refractivity contribution in [1.29, 1.82) is 21.0 Å². The minimum atomic E-state index is -0.885. The second-order valence-electron chi connectivity index (χ2n) is 20.6.